The first-order valence-electron chi connectivity index (χ1n) is 7.39. The lowest BCUT2D eigenvalue weighted by atomic mass is 10.2. The SMILES string of the molecule is CCCNC(=O)c1cc2sc(Br)cc2n1Cc1cccc(F)c1. The third kappa shape index (κ3) is 3.48. The number of hydrogen-bond acceptors (Lipinski definition) is 2. The van der Waals surface area contributed by atoms with Gasteiger partial charge in [-0.3, -0.25) is 4.79 Å². The van der Waals surface area contributed by atoms with Gasteiger partial charge in [-0.15, -0.1) is 11.3 Å². The Morgan fingerprint density at radius 2 is 2.17 bits per heavy atom. The van der Waals surface area contributed by atoms with Crippen molar-refractivity contribution in [1.82, 2.24) is 9.88 Å². The van der Waals surface area contributed by atoms with Crippen molar-refractivity contribution in [2.75, 3.05) is 6.54 Å². The number of fused-ring (bicyclic) bond motifs is 1. The molecular formula is C17H16BrFN2OS. The summed E-state index contributed by atoms with van der Waals surface area (Å²) < 4.78 is 17.4. The Morgan fingerprint density at radius 3 is 2.91 bits per heavy atom. The third-order valence-electron chi connectivity index (χ3n) is 3.56. The van der Waals surface area contributed by atoms with Gasteiger partial charge in [-0.1, -0.05) is 19.1 Å². The molecular weight excluding hydrogens is 379 g/mol. The number of nitrogens with zero attached hydrogens (tertiary/aromatic N) is 1. The first kappa shape index (κ1) is 16.2. The second kappa shape index (κ2) is 6.84. The molecule has 0 atom stereocenters. The molecule has 0 aliphatic carbocycles. The van der Waals surface area contributed by atoms with Crippen LogP contribution < -0.4 is 5.32 Å². The number of rotatable bonds is 5. The molecule has 0 saturated carbocycles. The summed E-state index contributed by atoms with van der Waals surface area (Å²) in [4.78, 5) is 12.4. The highest BCUT2D eigenvalue weighted by molar-refractivity contribution is 9.11. The Morgan fingerprint density at radius 1 is 1.35 bits per heavy atom. The van der Waals surface area contributed by atoms with E-state index >= 15 is 0 Å². The minimum atomic E-state index is -0.269. The Bertz CT molecular complexity index is 856. The summed E-state index contributed by atoms with van der Waals surface area (Å²) in [6, 6.07) is 10.4. The molecule has 0 bridgehead atoms. The van der Waals surface area contributed by atoms with Gasteiger partial charge in [0.05, 0.1) is 14.0 Å². The van der Waals surface area contributed by atoms with E-state index in [1.807, 2.05) is 29.7 Å². The van der Waals surface area contributed by atoms with Crippen LogP contribution >= 0.6 is 27.3 Å². The van der Waals surface area contributed by atoms with Crippen LogP contribution in [0.15, 0.2) is 40.2 Å². The summed E-state index contributed by atoms with van der Waals surface area (Å²) in [7, 11) is 0. The molecule has 0 aliphatic rings. The smallest absolute Gasteiger partial charge is 0.267 e. The highest BCUT2D eigenvalue weighted by Gasteiger charge is 2.17. The van der Waals surface area contributed by atoms with E-state index in [1.165, 1.54) is 12.1 Å². The molecule has 0 fully saturated rings. The molecule has 6 heteroatoms. The van der Waals surface area contributed by atoms with Crippen molar-refractivity contribution in [3.05, 3.63) is 57.3 Å². The fourth-order valence-electron chi connectivity index (χ4n) is 2.52. The molecule has 0 spiro atoms. The van der Waals surface area contributed by atoms with E-state index in [4.69, 9.17) is 0 Å². The third-order valence-corrected chi connectivity index (χ3v) is 5.13. The molecule has 0 radical (unpaired) electrons. The maximum Gasteiger partial charge on any atom is 0.267 e. The monoisotopic (exact) mass is 394 g/mol. The van der Waals surface area contributed by atoms with Gasteiger partial charge in [0, 0.05) is 13.1 Å². The number of benzene rings is 1. The highest BCUT2D eigenvalue weighted by atomic mass is 79.9. The summed E-state index contributed by atoms with van der Waals surface area (Å²) in [6.07, 6.45) is 0.885. The molecule has 1 aromatic carbocycles. The Hall–Kier alpha value is -1.66. The second-order valence-electron chi connectivity index (χ2n) is 5.30. The van der Waals surface area contributed by atoms with Crippen molar-refractivity contribution < 1.29 is 9.18 Å². The van der Waals surface area contributed by atoms with E-state index in [0.717, 1.165) is 26.0 Å². The minimum Gasteiger partial charge on any atom is -0.351 e. The first-order chi connectivity index (χ1) is 11.1. The van der Waals surface area contributed by atoms with E-state index in [9.17, 15) is 9.18 Å². The molecule has 3 nitrogen and oxygen atoms in total. The van der Waals surface area contributed by atoms with Crippen LogP contribution in [0.3, 0.4) is 0 Å². The normalized spacial score (nSPS) is 11.1. The van der Waals surface area contributed by atoms with Gasteiger partial charge in [-0.2, -0.15) is 0 Å². The van der Waals surface area contributed by atoms with Gasteiger partial charge in [-0.25, -0.2) is 4.39 Å². The Labute approximate surface area is 146 Å². The molecule has 1 amide bonds. The first-order valence-corrected chi connectivity index (χ1v) is 9.00. The van der Waals surface area contributed by atoms with Crippen molar-refractivity contribution in [2.45, 2.75) is 19.9 Å². The van der Waals surface area contributed by atoms with E-state index in [2.05, 4.69) is 21.2 Å². The van der Waals surface area contributed by atoms with Gasteiger partial charge in [0.15, 0.2) is 0 Å². The molecule has 2 heterocycles. The lowest BCUT2D eigenvalue weighted by Crippen LogP contribution is -2.26. The van der Waals surface area contributed by atoms with Crippen LogP contribution in [0.4, 0.5) is 4.39 Å². The van der Waals surface area contributed by atoms with Crippen molar-refractivity contribution >= 4 is 43.4 Å². The summed E-state index contributed by atoms with van der Waals surface area (Å²) in [5, 5.41) is 2.91. The quantitative estimate of drug-likeness (QED) is 0.662. The fraction of sp³-hybridized carbons (Fsp3) is 0.235. The van der Waals surface area contributed by atoms with Crippen LogP contribution in [0.25, 0.3) is 10.2 Å². The van der Waals surface area contributed by atoms with Gasteiger partial charge < -0.3 is 9.88 Å². The number of hydrogen-bond donors (Lipinski definition) is 1. The van der Waals surface area contributed by atoms with Gasteiger partial charge in [0.25, 0.3) is 5.91 Å². The van der Waals surface area contributed by atoms with Gasteiger partial charge >= 0.3 is 0 Å². The van der Waals surface area contributed by atoms with Gasteiger partial charge in [-0.05, 0) is 52.2 Å². The zero-order valence-electron chi connectivity index (χ0n) is 12.6. The molecule has 0 unspecified atom stereocenters. The summed E-state index contributed by atoms with van der Waals surface area (Å²) in [5.41, 5.74) is 2.42. The van der Waals surface area contributed by atoms with E-state index in [0.29, 0.717) is 18.8 Å². The number of nitrogens with one attached hydrogen (secondary N) is 1. The van der Waals surface area contributed by atoms with Crippen molar-refractivity contribution in [3.63, 3.8) is 0 Å². The van der Waals surface area contributed by atoms with Crippen LogP contribution in [-0.4, -0.2) is 17.0 Å². The zero-order valence-corrected chi connectivity index (χ0v) is 15.0. The molecule has 120 valence electrons. The predicted molar refractivity (Wildman–Crippen MR) is 95.6 cm³/mol. The second-order valence-corrected chi connectivity index (χ2v) is 7.76. The van der Waals surface area contributed by atoms with E-state index in [-0.39, 0.29) is 11.7 Å². The number of thiophene rings is 1. The molecule has 3 rings (SSSR count). The molecule has 23 heavy (non-hydrogen) atoms. The number of carbonyl (C=O) groups is 1. The maximum atomic E-state index is 13.4. The number of carbonyl (C=O) groups excluding carboxylic acids is 1. The standard InChI is InChI=1S/C17H16BrFN2OS/c1-2-6-20-17(22)14-8-15-13(9-16(18)23-15)21(14)10-11-4-3-5-12(19)7-11/h3-5,7-9H,2,6,10H2,1H3,(H,20,22). The van der Waals surface area contributed by atoms with Crippen molar-refractivity contribution in [1.29, 1.82) is 0 Å². The fourth-order valence-corrected chi connectivity index (χ4v) is 4.08. The lowest BCUT2D eigenvalue weighted by molar-refractivity contribution is 0.0945. The van der Waals surface area contributed by atoms with E-state index in [1.54, 1.807) is 17.4 Å². The van der Waals surface area contributed by atoms with Crippen molar-refractivity contribution in [3.8, 4) is 0 Å². The number of aromatic nitrogens is 1. The highest BCUT2D eigenvalue weighted by Crippen LogP contribution is 2.33. The molecule has 0 saturated heterocycles. The molecule has 0 aliphatic heterocycles. The maximum absolute atomic E-state index is 13.4. The largest absolute Gasteiger partial charge is 0.351 e. The average Bonchev–Trinajstić information content (AvgIpc) is 3.02. The summed E-state index contributed by atoms with van der Waals surface area (Å²) in [6.45, 7) is 3.11. The molecule has 2 aromatic heterocycles. The van der Waals surface area contributed by atoms with Crippen LogP contribution in [0.1, 0.15) is 29.4 Å². The topological polar surface area (TPSA) is 34.0 Å². The van der Waals surface area contributed by atoms with Crippen LogP contribution in [0.2, 0.25) is 0 Å². The molecule has 1 N–H and O–H groups in total. The lowest BCUT2D eigenvalue weighted by Gasteiger charge is -2.11. The van der Waals surface area contributed by atoms with Gasteiger partial charge in [0.2, 0.25) is 0 Å². The summed E-state index contributed by atoms with van der Waals surface area (Å²) in [5.74, 6) is -0.364. The van der Waals surface area contributed by atoms with E-state index < -0.39 is 0 Å². The zero-order chi connectivity index (χ0) is 16.4. The summed E-state index contributed by atoms with van der Waals surface area (Å²) >= 11 is 5.07. The van der Waals surface area contributed by atoms with Gasteiger partial charge in [0.1, 0.15) is 11.5 Å². The molecule has 3 aromatic rings. The van der Waals surface area contributed by atoms with Crippen LogP contribution in [0, 0.1) is 5.82 Å². The Kier molecular flexibility index (Phi) is 4.82. The van der Waals surface area contributed by atoms with Crippen LogP contribution in [0.5, 0.6) is 0 Å². The predicted octanol–water partition coefficient (Wildman–Crippen LogP) is 4.79. The minimum absolute atomic E-state index is 0.0947. The van der Waals surface area contributed by atoms with Crippen molar-refractivity contribution in [2.24, 2.45) is 0 Å². The van der Waals surface area contributed by atoms with Crippen LogP contribution in [-0.2, 0) is 6.54 Å². The average molecular weight is 395 g/mol. The number of halogens is 2. The Balaban J connectivity index is 2.02. The number of amides is 1.